The van der Waals surface area contributed by atoms with E-state index in [0.29, 0.717) is 5.92 Å². The molecule has 0 radical (unpaired) electrons. The topological polar surface area (TPSA) is 42.4 Å². The smallest absolute Gasteiger partial charge is 0.410 e. The first-order chi connectivity index (χ1) is 8.94. The highest BCUT2D eigenvalue weighted by Gasteiger charge is 2.29. The van der Waals surface area contributed by atoms with Gasteiger partial charge in [-0.15, -0.1) is 11.3 Å². The lowest BCUT2D eigenvalue weighted by Crippen LogP contribution is -2.35. The summed E-state index contributed by atoms with van der Waals surface area (Å²) in [5.41, 5.74) is -0.412. The number of nitrogens with zero attached hydrogens (tertiary/aromatic N) is 2. The lowest BCUT2D eigenvalue weighted by Gasteiger charge is -2.24. The summed E-state index contributed by atoms with van der Waals surface area (Å²) in [5, 5.41) is 1.99. The maximum absolute atomic E-state index is 11.9. The number of hydrogen-bond acceptors (Lipinski definition) is 5. The second-order valence-electron chi connectivity index (χ2n) is 5.69. The molecule has 19 heavy (non-hydrogen) atoms. The Kier molecular flexibility index (Phi) is 4.73. The maximum atomic E-state index is 11.9. The zero-order valence-corrected chi connectivity index (χ0v) is 13.2. The normalized spacial score (nSPS) is 19.7. The lowest BCUT2D eigenvalue weighted by atomic mass is 10.2. The summed E-state index contributed by atoms with van der Waals surface area (Å²) in [4.78, 5) is 18.0. The van der Waals surface area contributed by atoms with Crippen molar-refractivity contribution >= 4 is 29.2 Å². The number of aromatic nitrogens is 1. The van der Waals surface area contributed by atoms with E-state index in [4.69, 9.17) is 4.74 Å². The van der Waals surface area contributed by atoms with E-state index in [9.17, 15) is 4.79 Å². The average molecular weight is 300 g/mol. The van der Waals surface area contributed by atoms with Gasteiger partial charge in [-0.1, -0.05) is 11.8 Å². The van der Waals surface area contributed by atoms with Crippen LogP contribution in [0.25, 0.3) is 0 Å². The van der Waals surface area contributed by atoms with Crippen LogP contribution in [0.2, 0.25) is 0 Å². The van der Waals surface area contributed by atoms with Gasteiger partial charge >= 0.3 is 6.09 Å². The van der Waals surface area contributed by atoms with Crippen LogP contribution in [0.15, 0.2) is 15.9 Å². The molecule has 0 aromatic carbocycles. The molecule has 1 fully saturated rings. The molecule has 0 unspecified atom stereocenters. The van der Waals surface area contributed by atoms with Crippen LogP contribution in [0.5, 0.6) is 0 Å². The number of ether oxygens (including phenoxy) is 1. The van der Waals surface area contributed by atoms with Gasteiger partial charge in [0, 0.05) is 30.4 Å². The van der Waals surface area contributed by atoms with Crippen molar-refractivity contribution in [3.63, 3.8) is 0 Å². The van der Waals surface area contributed by atoms with Gasteiger partial charge in [-0.05, 0) is 33.1 Å². The minimum Gasteiger partial charge on any atom is -0.444 e. The van der Waals surface area contributed by atoms with Gasteiger partial charge < -0.3 is 9.64 Å². The molecule has 0 spiro atoms. The van der Waals surface area contributed by atoms with E-state index in [-0.39, 0.29) is 6.09 Å². The van der Waals surface area contributed by atoms with Crippen molar-refractivity contribution in [1.82, 2.24) is 9.88 Å². The quantitative estimate of drug-likeness (QED) is 0.801. The van der Waals surface area contributed by atoms with E-state index in [0.717, 1.165) is 29.6 Å². The summed E-state index contributed by atoms with van der Waals surface area (Å²) in [7, 11) is 0. The highest BCUT2D eigenvalue weighted by molar-refractivity contribution is 8.01. The van der Waals surface area contributed by atoms with Crippen molar-refractivity contribution in [3.8, 4) is 0 Å². The molecule has 0 saturated carbocycles. The SMILES string of the molecule is CC(C)(C)OC(=O)N1CC[C@H](CSc2nccs2)C1. The molecule has 6 heteroatoms. The Morgan fingerprint density at radius 1 is 1.63 bits per heavy atom. The third kappa shape index (κ3) is 4.69. The number of thiazole rings is 1. The predicted molar refractivity (Wildman–Crippen MR) is 78.8 cm³/mol. The fourth-order valence-electron chi connectivity index (χ4n) is 1.93. The molecule has 0 N–H and O–H groups in total. The van der Waals surface area contributed by atoms with Crippen molar-refractivity contribution in [1.29, 1.82) is 0 Å². The third-order valence-corrected chi connectivity index (χ3v) is 4.99. The van der Waals surface area contributed by atoms with E-state index in [1.165, 1.54) is 0 Å². The molecular formula is C13H20N2O2S2. The molecule has 2 heterocycles. The van der Waals surface area contributed by atoms with Crippen molar-refractivity contribution in [3.05, 3.63) is 11.6 Å². The van der Waals surface area contributed by atoms with Gasteiger partial charge in [-0.3, -0.25) is 0 Å². The van der Waals surface area contributed by atoms with E-state index < -0.39 is 5.60 Å². The van der Waals surface area contributed by atoms with Crippen LogP contribution in [0, 0.1) is 5.92 Å². The summed E-state index contributed by atoms with van der Waals surface area (Å²) < 4.78 is 6.50. The van der Waals surface area contributed by atoms with Crippen molar-refractivity contribution < 1.29 is 9.53 Å². The van der Waals surface area contributed by atoms with Crippen LogP contribution in [0.3, 0.4) is 0 Å². The highest BCUT2D eigenvalue weighted by Crippen LogP contribution is 2.27. The first-order valence-corrected chi connectivity index (χ1v) is 8.31. The zero-order valence-electron chi connectivity index (χ0n) is 11.6. The number of carbonyl (C=O) groups excluding carboxylic acids is 1. The van der Waals surface area contributed by atoms with E-state index in [1.807, 2.05) is 37.2 Å². The molecule has 0 aliphatic carbocycles. The number of amides is 1. The summed E-state index contributed by atoms with van der Waals surface area (Å²) in [6, 6.07) is 0. The largest absolute Gasteiger partial charge is 0.444 e. The van der Waals surface area contributed by atoms with Crippen molar-refractivity contribution in [2.24, 2.45) is 5.92 Å². The molecule has 1 aliphatic rings. The van der Waals surface area contributed by atoms with Gasteiger partial charge in [0.15, 0.2) is 0 Å². The fraction of sp³-hybridized carbons (Fsp3) is 0.692. The molecule has 4 nitrogen and oxygen atoms in total. The zero-order chi connectivity index (χ0) is 13.9. The molecule has 1 saturated heterocycles. The second-order valence-corrected chi connectivity index (χ2v) is 7.85. The molecule has 1 aliphatic heterocycles. The summed E-state index contributed by atoms with van der Waals surface area (Å²) in [5.74, 6) is 1.56. The van der Waals surface area contributed by atoms with Crippen LogP contribution in [0.4, 0.5) is 4.79 Å². The maximum Gasteiger partial charge on any atom is 0.410 e. The Bertz CT molecular complexity index is 415. The highest BCUT2D eigenvalue weighted by atomic mass is 32.2. The molecule has 2 rings (SSSR count). The molecule has 1 aromatic heterocycles. The summed E-state index contributed by atoms with van der Waals surface area (Å²) in [6.07, 6.45) is 2.70. The summed E-state index contributed by atoms with van der Waals surface area (Å²) in [6.45, 7) is 7.30. The Balaban J connectivity index is 1.75. The molecule has 0 bridgehead atoms. The molecule has 1 amide bonds. The third-order valence-electron chi connectivity index (χ3n) is 2.79. The van der Waals surface area contributed by atoms with Crippen LogP contribution in [-0.4, -0.2) is 40.4 Å². The minimum absolute atomic E-state index is 0.186. The number of hydrogen-bond donors (Lipinski definition) is 0. The van der Waals surface area contributed by atoms with Gasteiger partial charge in [-0.25, -0.2) is 9.78 Å². The number of carbonyl (C=O) groups is 1. The average Bonchev–Trinajstić information content (AvgIpc) is 2.96. The Labute approximate surface area is 122 Å². The van der Waals surface area contributed by atoms with Crippen LogP contribution in [0.1, 0.15) is 27.2 Å². The summed E-state index contributed by atoms with van der Waals surface area (Å²) >= 11 is 3.45. The number of likely N-dealkylation sites (tertiary alicyclic amines) is 1. The van der Waals surface area contributed by atoms with Gasteiger partial charge in [0.25, 0.3) is 0 Å². The number of thioether (sulfide) groups is 1. The monoisotopic (exact) mass is 300 g/mol. The van der Waals surface area contributed by atoms with E-state index >= 15 is 0 Å². The van der Waals surface area contributed by atoms with Gasteiger partial charge in [0.1, 0.15) is 9.94 Å². The minimum atomic E-state index is -0.412. The molecular weight excluding hydrogens is 280 g/mol. The Hall–Kier alpha value is -0.750. The second kappa shape index (κ2) is 6.13. The predicted octanol–water partition coefficient (Wildman–Crippen LogP) is 3.49. The van der Waals surface area contributed by atoms with Gasteiger partial charge in [0.05, 0.1) is 0 Å². The van der Waals surface area contributed by atoms with Crippen molar-refractivity contribution in [2.45, 2.75) is 37.1 Å². The van der Waals surface area contributed by atoms with Gasteiger partial charge in [-0.2, -0.15) is 0 Å². The Morgan fingerprint density at radius 2 is 2.42 bits per heavy atom. The van der Waals surface area contributed by atoms with Crippen molar-refractivity contribution in [2.75, 3.05) is 18.8 Å². The Morgan fingerprint density at radius 3 is 3.05 bits per heavy atom. The lowest BCUT2D eigenvalue weighted by molar-refractivity contribution is 0.0289. The fourth-order valence-corrected chi connectivity index (χ4v) is 3.72. The molecule has 106 valence electrons. The van der Waals surface area contributed by atoms with Crippen LogP contribution >= 0.6 is 23.1 Å². The van der Waals surface area contributed by atoms with E-state index in [2.05, 4.69) is 4.98 Å². The van der Waals surface area contributed by atoms with Gasteiger partial charge in [0.2, 0.25) is 0 Å². The van der Waals surface area contributed by atoms with Crippen LogP contribution < -0.4 is 0 Å². The standard InChI is InChI=1S/C13H20N2O2S2/c1-13(2,3)17-12(16)15-6-4-10(8-15)9-19-11-14-5-7-18-11/h5,7,10H,4,6,8-9H2,1-3H3/t10-/m0/s1. The molecule has 1 atom stereocenters. The van der Waals surface area contributed by atoms with Crippen LogP contribution in [-0.2, 0) is 4.74 Å². The first-order valence-electron chi connectivity index (χ1n) is 6.44. The number of rotatable bonds is 3. The first kappa shape index (κ1) is 14.7. The van der Waals surface area contributed by atoms with E-state index in [1.54, 1.807) is 23.1 Å². The molecule has 1 aromatic rings.